The molecule has 3 rings (SSSR count). The van der Waals surface area contributed by atoms with Crippen LogP contribution in [0.5, 0.6) is 0 Å². The first kappa shape index (κ1) is 9.13. The molecule has 3 nitrogen and oxygen atoms in total. The summed E-state index contributed by atoms with van der Waals surface area (Å²) in [5, 5.41) is 3.40. The van der Waals surface area contributed by atoms with Crippen molar-refractivity contribution < 1.29 is 4.74 Å². The van der Waals surface area contributed by atoms with Crippen LogP contribution < -0.4 is 5.32 Å². The molecule has 3 aliphatic rings. The van der Waals surface area contributed by atoms with Gasteiger partial charge in [-0.2, -0.15) is 0 Å². The fourth-order valence-corrected chi connectivity index (χ4v) is 3.03. The molecule has 3 saturated heterocycles. The minimum Gasteiger partial charge on any atom is -0.377 e. The van der Waals surface area contributed by atoms with E-state index in [-0.39, 0.29) is 0 Å². The molecule has 1 spiro atoms. The van der Waals surface area contributed by atoms with E-state index < -0.39 is 0 Å². The predicted molar refractivity (Wildman–Crippen MR) is 55.3 cm³/mol. The maximum atomic E-state index is 5.68. The van der Waals surface area contributed by atoms with Crippen molar-refractivity contribution in [1.29, 1.82) is 0 Å². The third kappa shape index (κ3) is 1.58. The van der Waals surface area contributed by atoms with Gasteiger partial charge < -0.3 is 15.0 Å². The Labute approximate surface area is 85.8 Å². The second-order valence-corrected chi connectivity index (χ2v) is 5.22. The van der Waals surface area contributed by atoms with Crippen LogP contribution >= 0.6 is 0 Å². The van der Waals surface area contributed by atoms with E-state index in [0.29, 0.717) is 11.5 Å². The molecule has 0 aromatic heterocycles. The van der Waals surface area contributed by atoms with Crippen LogP contribution in [0.25, 0.3) is 0 Å². The molecule has 3 heteroatoms. The predicted octanol–water partition coefficient (Wildman–Crippen LogP) is 0.461. The highest BCUT2D eigenvalue weighted by Gasteiger charge is 2.43. The summed E-state index contributed by atoms with van der Waals surface area (Å²) in [6.07, 6.45) is 4.48. The van der Waals surface area contributed by atoms with Gasteiger partial charge in [0.2, 0.25) is 0 Å². The molecule has 1 N–H and O–H groups in total. The molecular formula is C11H20N2O. The minimum absolute atomic E-state index is 0.540. The van der Waals surface area contributed by atoms with Crippen LogP contribution in [0.15, 0.2) is 0 Å². The maximum absolute atomic E-state index is 5.68. The Bertz CT molecular complexity index is 209. The molecular weight excluding hydrogens is 176 g/mol. The number of nitrogens with zero attached hydrogens (tertiary/aromatic N) is 1. The van der Waals surface area contributed by atoms with E-state index in [1.807, 2.05) is 0 Å². The van der Waals surface area contributed by atoms with Crippen molar-refractivity contribution in [2.75, 3.05) is 39.3 Å². The summed E-state index contributed by atoms with van der Waals surface area (Å²) in [4.78, 5) is 2.61. The molecule has 0 aliphatic carbocycles. The highest BCUT2D eigenvalue weighted by molar-refractivity contribution is 4.99. The lowest BCUT2D eigenvalue weighted by Crippen LogP contribution is -2.54. The van der Waals surface area contributed by atoms with Gasteiger partial charge in [0.1, 0.15) is 0 Å². The Morgan fingerprint density at radius 1 is 1.43 bits per heavy atom. The van der Waals surface area contributed by atoms with Crippen molar-refractivity contribution in [2.45, 2.75) is 25.4 Å². The summed E-state index contributed by atoms with van der Waals surface area (Å²) in [6.45, 7) is 7.26. The average molecular weight is 196 g/mol. The second kappa shape index (κ2) is 3.47. The first-order valence-corrected chi connectivity index (χ1v) is 5.91. The number of nitrogens with one attached hydrogen (secondary N) is 1. The molecule has 14 heavy (non-hydrogen) atoms. The van der Waals surface area contributed by atoms with E-state index in [9.17, 15) is 0 Å². The summed E-state index contributed by atoms with van der Waals surface area (Å²) >= 11 is 0. The number of hydrogen-bond acceptors (Lipinski definition) is 3. The van der Waals surface area contributed by atoms with Gasteiger partial charge in [-0.25, -0.2) is 0 Å². The van der Waals surface area contributed by atoms with Crippen LogP contribution in [0.2, 0.25) is 0 Å². The molecule has 0 aromatic carbocycles. The zero-order valence-electron chi connectivity index (χ0n) is 8.80. The Kier molecular flexibility index (Phi) is 2.26. The summed E-state index contributed by atoms with van der Waals surface area (Å²) in [6, 6.07) is 0. The summed E-state index contributed by atoms with van der Waals surface area (Å²) in [5.41, 5.74) is 0.651. The molecule has 0 amide bonds. The van der Waals surface area contributed by atoms with Gasteiger partial charge in [0.15, 0.2) is 0 Å². The van der Waals surface area contributed by atoms with Gasteiger partial charge in [0, 0.05) is 38.2 Å². The van der Waals surface area contributed by atoms with Gasteiger partial charge in [-0.15, -0.1) is 0 Å². The zero-order chi connectivity index (χ0) is 9.43. The van der Waals surface area contributed by atoms with Crippen molar-refractivity contribution in [1.82, 2.24) is 10.2 Å². The molecule has 3 fully saturated rings. The molecule has 1 unspecified atom stereocenters. The van der Waals surface area contributed by atoms with Crippen molar-refractivity contribution >= 4 is 0 Å². The summed E-state index contributed by atoms with van der Waals surface area (Å²) in [5.74, 6) is 0. The average Bonchev–Trinajstić information content (AvgIpc) is 2.72. The second-order valence-electron chi connectivity index (χ2n) is 5.22. The molecule has 3 heterocycles. The fraction of sp³-hybridized carbons (Fsp3) is 1.00. The standard InChI is InChI=1S/C11H20N2O/c1-2-10(14-5-1)6-13-4-3-11(9-13)7-12-8-11/h10,12H,1-9H2. The van der Waals surface area contributed by atoms with Gasteiger partial charge in [-0.1, -0.05) is 0 Å². The number of hydrogen-bond donors (Lipinski definition) is 1. The van der Waals surface area contributed by atoms with Crippen molar-refractivity contribution in [2.24, 2.45) is 5.41 Å². The van der Waals surface area contributed by atoms with E-state index >= 15 is 0 Å². The van der Waals surface area contributed by atoms with Gasteiger partial charge in [0.05, 0.1) is 6.10 Å². The maximum Gasteiger partial charge on any atom is 0.0702 e. The Morgan fingerprint density at radius 2 is 2.36 bits per heavy atom. The topological polar surface area (TPSA) is 24.5 Å². The highest BCUT2D eigenvalue weighted by Crippen LogP contribution is 2.34. The SMILES string of the molecule is C1COC(CN2CCC3(CNC3)C2)C1. The van der Waals surface area contributed by atoms with Crippen LogP contribution in [0.3, 0.4) is 0 Å². The van der Waals surface area contributed by atoms with Crippen LogP contribution in [0, 0.1) is 5.41 Å². The van der Waals surface area contributed by atoms with Crippen molar-refractivity contribution in [3.8, 4) is 0 Å². The van der Waals surface area contributed by atoms with Crippen molar-refractivity contribution in [3.05, 3.63) is 0 Å². The first-order chi connectivity index (χ1) is 6.86. The number of rotatable bonds is 2. The Hall–Kier alpha value is -0.120. The van der Waals surface area contributed by atoms with E-state index in [2.05, 4.69) is 10.2 Å². The summed E-state index contributed by atoms with van der Waals surface area (Å²) in [7, 11) is 0. The van der Waals surface area contributed by atoms with Gasteiger partial charge in [-0.3, -0.25) is 0 Å². The number of likely N-dealkylation sites (tertiary alicyclic amines) is 1. The lowest BCUT2D eigenvalue weighted by molar-refractivity contribution is 0.0726. The largest absolute Gasteiger partial charge is 0.377 e. The fourth-order valence-electron chi connectivity index (χ4n) is 3.03. The summed E-state index contributed by atoms with van der Waals surface area (Å²) < 4.78 is 5.68. The molecule has 0 radical (unpaired) electrons. The van der Waals surface area contributed by atoms with Gasteiger partial charge in [-0.05, 0) is 25.8 Å². The molecule has 1 atom stereocenters. The molecule has 80 valence electrons. The number of ether oxygens (including phenoxy) is 1. The third-order valence-corrected chi connectivity index (χ3v) is 4.00. The lowest BCUT2D eigenvalue weighted by Gasteiger charge is -2.39. The smallest absolute Gasteiger partial charge is 0.0702 e. The van der Waals surface area contributed by atoms with Gasteiger partial charge in [0.25, 0.3) is 0 Å². The van der Waals surface area contributed by atoms with E-state index in [0.717, 1.165) is 6.61 Å². The Balaban J connectivity index is 1.50. The van der Waals surface area contributed by atoms with Crippen LogP contribution in [-0.4, -0.2) is 50.3 Å². The molecule has 3 aliphatic heterocycles. The van der Waals surface area contributed by atoms with E-state index in [1.165, 1.54) is 52.0 Å². The highest BCUT2D eigenvalue weighted by atomic mass is 16.5. The van der Waals surface area contributed by atoms with E-state index in [1.54, 1.807) is 0 Å². The van der Waals surface area contributed by atoms with Crippen LogP contribution in [-0.2, 0) is 4.74 Å². The van der Waals surface area contributed by atoms with Gasteiger partial charge >= 0.3 is 0 Å². The molecule has 0 aromatic rings. The molecule has 0 saturated carbocycles. The van der Waals surface area contributed by atoms with Crippen LogP contribution in [0.4, 0.5) is 0 Å². The van der Waals surface area contributed by atoms with Crippen LogP contribution in [0.1, 0.15) is 19.3 Å². The Morgan fingerprint density at radius 3 is 2.93 bits per heavy atom. The third-order valence-electron chi connectivity index (χ3n) is 4.00. The first-order valence-electron chi connectivity index (χ1n) is 5.91. The monoisotopic (exact) mass is 196 g/mol. The zero-order valence-corrected chi connectivity index (χ0v) is 8.80. The van der Waals surface area contributed by atoms with E-state index in [4.69, 9.17) is 4.74 Å². The lowest BCUT2D eigenvalue weighted by atomic mass is 9.81. The normalized spacial score (nSPS) is 36.4. The quantitative estimate of drug-likeness (QED) is 0.694. The molecule has 0 bridgehead atoms. The van der Waals surface area contributed by atoms with Crippen molar-refractivity contribution in [3.63, 3.8) is 0 Å². The minimum atomic E-state index is 0.540.